The Morgan fingerprint density at radius 3 is 2.59 bits per heavy atom. The fourth-order valence-electron chi connectivity index (χ4n) is 2.41. The van der Waals surface area contributed by atoms with Crippen molar-refractivity contribution < 1.29 is 24.3 Å². The predicted octanol–water partition coefficient (Wildman–Crippen LogP) is 0.483. The molecule has 7 heteroatoms. The van der Waals surface area contributed by atoms with E-state index in [0.717, 1.165) is 0 Å². The van der Waals surface area contributed by atoms with Gasteiger partial charge in [0, 0.05) is 13.0 Å². The molecule has 1 rings (SSSR count). The third-order valence-electron chi connectivity index (χ3n) is 3.63. The molecule has 1 heterocycles. The lowest BCUT2D eigenvalue weighted by Gasteiger charge is -2.25. The first-order valence-electron chi connectivity index (χ1n) is 7.54. The van der Waals surface area contributed by atoms with E-state index in [1.807, 2.05) is 13.8 Å². The van der Waals surface area contributed by atoms with Gasteiger partial charge in [-0.1, -0.05) is 13.8 Å². The van der Waals surface area contributed by atoms with Crippen LogP contribution in [0.5, 0.6) is 0 Å². The molecule has 22 heavy (non-hydrogen) atoms. The van der Waals surface area contributed by atoms with E-state index in [9.17, 15) is 19.2 Å². The highest BCUT2D eigenvalue weighted by atomic mass is 16.4. The van der Waals surface area contributed by atoms with Gasteiger partial charge in [0.2, 0.25) is 18.1 Å². The van der Waals surface area contributed by atoms with Gasteiger partial charge in [0.25, 0.3) is 0 Å². The highest BCUT2D eigenvalue weighted by Gasteiger charge is 2.35. The van der Waals surface area contributed by atoms with Gasteiger partial charge in [-0.05, 0) is 25.2 Å². The highest BCUT2D eigenvalue weighted by Crippen LogP contribution is 2.17. The topological polar surface area (TPSA) is 104 Å². The van der Waals surface area contributed by atoms with Gasteiger partial charge < -0.3 is 15.3 Å². The number of aliphatic carboxylic acids is 1. The molecular formula is C15H23N2O5. The van der Waals surface area contributed by atoms with Gasteiger partial charge in [-0.15, -0.1) is 0 Å². The monoisotopic (exact) mass is 311 g/mol. The average Bonchev–Trinajstić information content (AvgIpc) is 2.91. The minimum Gasteiger partial charge on any atom is -0.481 e. The standard InChI is InChI=1S/C15H23N2O5/c1-10(2)5-6-13(19)16-12(8-14(20)21)15(22)17-7-3-4-11(17)9-18/h10-12H,3-8H2,1-2H3,(H,16,19)(H,20,21)/t11-,12-/m0/s1. The smallest absolute Gasteiger partial charge is 0.305 e. The lowest BCUT2D eigenvalue weighted by molar-refractivity contribution is -0.143. The predicted molar refractivity (Wildman–Crippen MR) is 78.7 cm³/mol. The summed E-state index contributed by atoms with van der Waals surface area (Å²) in [6, 6.07) is -1.78. The van der Waals surface area contributed by atoms with Crippen molar-refractivity contribution in [1.29, 1.82) is 0 Å². The molecule has 2 N–H and O–H groups in total. The molecule has 0 aromatic carbocycles. The van der Waals surface area contributed by atoms with Crippen LogP contribution >= 0.6 is 0 Å². The fourth-order valence-corrected chi connectivity index (χ4v) is 2.41. The minimum atomic E-state index is -1.17. The molecule has 0 bridgehead atoms. The molecule has 1 aliphatic heterocycles. The molecule has 7 nitrogen and oxygen atoms in total. The number of carbonyl (C=O) groups is 3. The maximum absolute atomic E-state index is 12.4. The van der Waals surface area contributed by atoms with Crippen LogP contribution < -0.4 is 5.32 Å². The molecule has 1 saturated heterocycles. The summed E-state index contributed by atoms with van der Waals surface area (Å²) < 4.78 is 0. The number of carboxylic acid groups (broad SMARTS) is 1. The maximum atomic E-state index is 12.4. The zero-order valence-electron chi connectivity index (χ0n) is 13.0. The number of likely N-dealkylation sites (tertiary alicyclic amines) is 1. The zero-order chi connectivity index (χ0) is 16.7. The van der Waals surface area contributed by atoms with Crippen LogP contribution in [0.2, 0.25) is 0 Å². The van der Waals surface area contributed by atoms with Crippen molar-refractivity contribution in [3.05, 3.63) is 0 Å². The SMILES string of the molecule is CC(C)CCC(=O)N[C@@H](CC(=O)O)C(=O)N1CCC[C@H]1[C]=O. The number of hydrogen-bond donors (Lipinski definition) is 2. The Morgan fingerprint density at radius 1 is 1.36 bits per heavy atom. The second-order valence-corrected chi connectivity index (χ2v) is 5.96. The molecule has 0 aromatic heterocycles. The summed E-state index contributed by atoms with van der Waals surface area (Å²) in [4.78, 5) is 47.3. The second-order valence-electron chi connectivity index (χ2n) is 5.96. The van der Waals surface area contributed by atoms with Crippen LogP contribution in [0.15, 0.2) is 0 Å². The van der Waals surface area contributed by atoms with Crippen LogP contribution in [-0.2, 0) is 19.2 Å². The lowest BCUT2D eigenvalue weighted by atomic mass is 10.1. The molecule has 0 aromatic rings. The van der Waals surface area contributed by atoms with Gasteiger partial charge in [0.1, 0.15) is 6.04 Å². The Bertz CT molecular complexity index is 436. The number of hydrogen-bond acceptors (Lipinski definition) is 4. The average molecular weight is 311 g/mol. The van der Waals surface area contributed by atoms with Crippen molar-refractivity contribution in [2.45, 2.75) is 58.0 Å². The first-order valence-corrected chi connectivity index (χ1v) is 7.54. The minimum absolute atomic E-state index is 0.240. The molecule has 0 unspecified atom stereocenters. The van der Waals surface area contributed by atoms with E-state index < -0.39 is 30.4 Å². The Labute approximate surface area is 130 Å². The van der Waals surface area contributed by atoms with E-state index >= 15 is 0 Å². The van der Waals surface area contributed by atoms with Gasteiger partial charge in [0.05, 0.1) is 12.5 Å². The van der Waals surface area contributed by atoms with Crippen LogP contribution in [0.4, 0.5) is 0 Å². The Kier molecular flexibility index (Phi) is 7.01. The van der Waals surface area contributed by atoms with Crippen molar-refractivity contribution in [3.8, 4) is 0 Å². The summed E-state index contributed by atoms with van der Waals surface area (Å²) in [6.45, 7) is 4.33. The molecular weight excluding hydrogens is 288 g/mol. The summed E-state index contributed by atoms with van der Waals surface area (Å²) >= 11 is 0. The highest BCUT2D eigenvalue weighted by molar-refractivity contribution is 5.92. The third kappa shape index (κ3) is 5.46. The summed E-state index contributed by atoms with van der Waals surface area (Å²) in [7, 11) is 0. The summed E-state index contributed by atoms with van der Waals surface area (Å²) in [6.07, 6.45) is 3.40. The molecule has 123 valence electrons. The van der Waals surface area contributed by atoms with Crippen LogP contribution in [-0.4, -0.2) is 52.7 Å². The van der Waals surface area contributed by atoms with Crippen molar-refractivity contribution in [1.82, 2.24) is 10.2 Å². The van der Waals surface area contributed by atoms with Crippen LogP contribution in [0, 0.1) is 5.92 Å². The molecule has 2 amide bonds. The lowest BCUT2D eigenvalue weighted by Crippen LogP contribution is -2.51. The van der Waals surface area contributed by atoms with Crippen LogP contribution in [0.1, 0.15) is 46.0 Å². The van der Waals surface area contributed by atoms with E-state index in [-0.39, 0.29) is 12.3 Å². The first-order chi connectivity index (χ1) is 10.3. The van der Waals surface area contributed by atoms with E-state index in [1.165, 1.54) is 4.90 Å². The number of amides is 2. The molecule has 0 saturated carbocycles. The number of rotatable bonds is 8. The number of carbonyl (C=O) groups excluding carboxylic acids is 3. The van der Waals surface area contributed by atoms with Gasteiger partial charge in [-0.25, -0.2) is 0 Å². The fraction of sp³-hybridized carbons (Fsp3) is 0.733. The summed E-state index contributed by atoms with van der Waals surface area (Å²) in [5.41, 5.74) is 0. The Balaban J connectivity index is 2.70. The van der Waals surface area contributed by atoms with E-state index in [1.54, 1.807) is 6.29 Å². The number of nitrogens with one attached hydrogen (secondary N) is 1. The Morgan fingerprint density at radius 2 is 2.05 bits per heavy atom. The first kappa shape index (κ1) is 18.1. The molecule has 1 radical (unpaired) electrons. The van der Waals surface area contributed by atoms with Crippen molar-refractivity contribution in [2.75, 3.05) is 6.54 Å². The van der Waals surface area contributed by atoms with Crippen LogP contribution in [0.25, 0.3) is 0 Å². The van der Waals surface area contributed by atoms with Crippen molar-refractivity contribution >= 4 is 24.1 Å². The number of carboxylic acids is 1. The maximum Gasteiger partial charge on any atom is 0.305 e. The van der Waals surface area contributed by atoms with Crippen LogP contribution in [0.3, 0.4) is 0 Å². The quantitative estimate of drug-likeness (QED) is 0.678. The van der Waals surface area contributed by atoms with Crippen molar-refractivity contribution in [3.63, 3.8) is 0 Å². The summed E-state index contributed by atoms with van der Waals surface area (Å²) in [5.74, 6) is -1.70. The van der Waals surface area contributed by atoms with E-state index in [2.05, 4.69) is 5.32 Å². The zero-order valence-corrected chi connectivity index (χ0v) is 13.0. The number of nitrogens with zero attached hydrogens (tertiary/aromatic N) is 1. The van der Waals surface area contributed by atoms with Gasteiger partial charge in [-0.3, -0.25) is 19.2 Å². The second kappa shape index (κ2) is 8.51. The third-order valence-corrected chi connectivity index (χ3v) is 3.63. The van der Waals surface area contributed by atoms with Gasteiger partial charge >= 0.3 is 5.97 Å². The Hall–Kier alpha value is -1.92. The van der Waals surface area contributed by atoms with Crippen molar-refractivity contribution in [2.24, 2.45) is 5.92 Å². The molecule has 1 fully saturated rings. The van der Waals surface area contributed by atoms with E-state index in [0.29, 0.717) is 31.7 Å². The largest absolute Gasteiger partial charge is 0.481 e. The normalized spacial score (nSPS) is 19.0. The molecule has 1 aliphatic rings. The summed E-state index contributed by atoms with van der Waals surface area (Å²) in [5, 5.41) is 11.4. The molecule has 2 atom stereocenters. The van der Waals surface area contributed by atoms with Gasteiger partial charge in [0.15, 0.2) is 0 Å². The molecule has 0 spiro atoms. The van der Waals surface area contributed by atoms with Gasteiger partial charge in [-0.2, -0.15) is 0 Å². The molecule has 0 aliphatic carbocycles. The van der Waals surface area contributed by atoms with E-state index in [4.69, 9.17) is 5.11 Å².